The highest BCUT2D eigenvalue weighted by Crippen LogP contribution is 2.64. The standard InChI is InChI=1S/C40H65O6PSi2/c1-16-43-47(42,44-17-2)40-37(32(15)23-33-21-19-18-20-22-33)35-24-34(45-48(26(3)4,27(5)6)28(7)8)25-36(38(35)39(40)41)46-49(29(9)10,30(11)12)31(13)14/h18-31,37,40H,16-17H2,1-15H3/b32-23+. The average molecular weight is 729 g/mol. The van der Waals surface area contributed by atoms with Crippen molar-refractivity contribution in [1.29, 1.82) is 0 Å². The second-order valence-electron chi connectivity index (χ2n) is 15.7. The van der Waals surface area contributed by atoms with Crippen LogP contribution in [0.4, 0.5) is 0 Å². The second kappa shape index (κ2) is 16.6. The number of hydrogen-bond acceptors (Lipinski definition) is 6. The number of ketones is 1. The lowest BCUT2D eigenvalue weighted by Gasteiger charge is -2.44. The number of carbonyl (C=O) groups is 1. The minimum Gasteiger partial charge on any atom is -0.543 e. The zero-order valence-electron chi connectivity index (χ0n) is 33.0. The van der Waals surface area contributed by atoms with Gasteiger partial charge in [0, 0.05) is 12.0 Å². The summed E-state index contributed by atoms with van der Waals surface area (Å²) in [6.45, 7) is 33.1. The van der Waals surface area contributed by atoms with E-state index in [1.807, 2.05) is 49.4 Å². The maximum Gasteiger partial charge on any atom is 0.342 e. The Balaban J connectivity index is 2.51. The fourth-order valence-corrected chi connectivity index (χ4v) is 21.9. The summed E-state index contributed by atoms with van der Waals surface area (Å²) in [4.78, 5) is 15.0. The van der Waals surface area contributed by atoms with E-state index in [4.69, 9.17) is 17.9 Å². The van der Waals surface area contributed by atoms with Crippen molar-refractivity contribution in [3.05, 3.63) is 64.7 Å². The highest BCUT2D eigenvalue weighted by molar-refractivity contribution is 7.56. The van der Waals surface area contributed by atoms with Crippen LogP contribution in [0.1, 0.15) is 131 Å². The van der Waals surface area contributed by atoms with E-state index in [-0.39, 0.29) is 35.6 Å². The first-order chi connectivity index (χ1) is 22.8. The van der Waals surface area contributed by atoms with Crippen molar-refractivity contribution in [2.24, 2.45) is 0 Å². The van der Waals surface area contributed by atoms with Crippen LogP contribution in [0.2, 0.25) is 33.2 Å². The third-order valence-corrected chi connectivity index (χ3v) is 25.4. The molecule has 0 N–H and O–H groups in total. The fourth-order valence-electron chi connectivity index (χ4n) is 9.11. The first-order valence-corrected chi connectivity index (χ1v) is 24.5. The molecule has 1 aliphatic carbocycles. The molecule has 0 fully saturated rings. The van der Waals surface area contributed by atoms with Crippen LogP contribution in [0, 0.1) is 0 Å². The summed E-state index contributed by atoms with van der Waals surface area (Å²) in [7, 11) is -8.86. The summed E-state index contributed by atoms with van der Waals surface area (Å²) < 4.78 is 41.6. The van der Waals surface area contributed by atoms with Crippen LogP contribution >= 0.6 is 7.60 Å². The van der Waals surface area contributed by atoms with E-state index in [1.165, 1.54) is 0 Å². The van der Waals surface area contributed by atoms with Crippen LogP contribution in [0.25, 0.3) is 6.08 Å². The number of rotatable bonds is 17. The van der Waals surface area contributed by atoms with Crippen LogP contribution in [0.3, 0.4) is 0 Å². The summed E-state index contributed by atoms with van der Waals surface area (Å²) in [6.07, 6.45) is 2.08. The van der Waals surface area contributed by atoms with Gasteiger partial charge in [-0.3, -0.25) is 9.36 Å². The third kappa shape index (κ3) is 7.94. The molecule has 9 heteroatoms. The van der Waals surface area contributed by atoms with Gasteiger partial charge in [-0.2, -0.15) is 0 Å². The zero-order valence-corrected chi connectivity index (χ0v) is 35.9. The highest BCUT2D eigenvalue weighted by atomic mass is 31.2. The van der Waals surface area contributed by atoms with Crippen molar-refractivity contribution in [1.82, 2.24) is 0 Å². The number of allylic oxidation sites excluding steroid dienone is 1. The Morgan fingerprint density at radius 3 is 1.61 bits per heavy atom. The Morgan fingerprint density at radius 1 is 0.735 bits per heavy atom. The lowest BCUT2D eigenvalue weighted by atomic mass is 9.91. The van der Waals surface area contributed by atoms with Gasteiger partial charge in [0.2, 0.25) is 0 Å². The molecule has 0 aliphatic heterocycles. The van der Waals surface area contributed by atoms with E-state index in [2.05, 4.69) is 89.2 Å². The van der Waals surface area contributed by atoms with Crippen LogP contribution in [0.5, 0.6) is 11.5 Å². The molecule has 1 aliphatic rings. The van der Waals surface area contributed by atoms with Gasteiger partial charge in [-0.25, -0.2) is 0 Å². The van der Waals surface area contributed by atoms with E-state index < -0.39 is 35.8 Å². The second-order valence-corrected chi connectivity index (χ2v) is 28.6. The molecule has 0 saturated carbocycles. The molecule has 0 radical (unpaired) electrons. The summed E-state index contributed by atoms with van der Waals surface area (Å²) in [5.74, 6) is 0.481. The molecule has 0 spiro atoms. The number of Topliss-reactive ketones (excluding diaryl/α,β-unsaturated/α-hetero) is 1. The van der Waals surface area contributed by atoms with Crippen molar-refractivity contribution in [3.63, 3.8) is 0 Å². The predicted molar refractivity (Wildman–Crippen MR) is 212 cm³/mol. The average Bonchev–Trinajstić information content (AvgIpc) is 3.31. The first-order valence-electron chi connectivity index (χ1n) is 18.6. The molecule has 3 rings (SSSR count). The van der Waals surface area contributed by atoms with Crippen LogP contribution in [0.15, 0.2) is 48.0 Å². The smallest absolute Gasteiger partial charge is 0.342 e. The molecular weight excluding hydrogens is 664 g/mol. The van der Waals surface area contributed by atoms with Crippen LogP contribution in [-0.2, 0) is 13.6 Å². The Morgan fingerprint density at radius 2 is 1.18 bits per heavy atom. The van der Waals surface area contributed by atoms with Crippen molar-refractivity contribution >= 4 is 36.1 Å². The van der Waals surface area contributed by atoms with Crippen LogP contribution < -0.4 is 8.85 Å². The van der Waals surface area contributed by atoms with Gasteiger partial charge in [-0.15, -0.1) is 0 Å². The van der Waals surface area contributed by atoms with Crippen molar-refractivity contribution < 1.29 is 27.3 Å². The molecule has 0 aromatic heterocycles. The van der Waals surface area contributed by atoms with Crippen molar-refractivity contribution in [2.45, 2.75) is 149 Å². The molecule has 274 valence electrons. The zero-order chi connectivity index (χ0) is 37.1. The Kier molecular flexibility index (Phi) is 14.0. The normalized spacial score (nSPS) is 17.7. The van der Waals surface area contributed by atoms with Gasteiger partial charge in [-0.1, -0.05) is 125 Å². The van der Waals surface area contributed by atoms with Gasteiger partial charge in [0.05, 0.1) is 18.8 Å². The lowest BCUT2D eigenvalue weighted by molar-refractivity contribution is 0.0974. The van der Waals surface area contributed by atoms with Crippen molar-refractivity contribution in [2.75, 3.05) is 13.2 Å². The van der Waals surface area contributed by atoms with Gasteiger partial charge in [0.1, 0.15) is 17.2 Å². The molecule has 2 aromatic rings. The summed E-state index contributed by atoms with van der Waals surface area (Å²) in [5.41, 5.74) is 4.03. The van der Waals surface area contributed by atoms with Crippen molar-refractivity contribution in [3.8, 4) is 11.5 Å². The highest BCUT2D eigenvalue weighted by Gasteiger charge is 2.56. The number of fused-ring (bicyclic) bond motifs is 1. The van der Waals surface area contributed by atoms with Gasteiger partial charge < -0.3 is 17.9 Å². The molecule has 0 saturated heterocycles. The largest absolute Gasteiger partial charge is 0.543 e. The SMILES string of the molecule is CCOP(=O)(OCC)C1C(=O)c2c(O[Si](C(C)C)(C(C)C)C(C)C)cc(O[Si](C(C)C)(C(C)C)C(C)C)cc2C1/C(C)=C/c1ccccc1. The molecular formula is C40H65O6PSi2. The fraction of sp³-hybridized carbons (Fsp3) is 0.625. The summed E-state index contributed by atoms with van der Waals surface area (Å²) in [6, 6.07) is 14.1. The maximum atomic E-state index is 15.0. The van der Waals surface area contributed by atoms with Crippen LogP contribution in [-0.4, -0.2) is 41.3 Å². The van der Waals surface area contributed by atoms with E-state index >= 15 is 4.79 Å². The number of benzene rings is 2. The molecule has 0 bridgehead atoms. The Hall–Kier alpha value is -1.97. The number of hydrogen-bond donors (Lipinski definition) is 0. The Labute approximate surface area is 300 Å². The molecule has 49 heavy (non-hydrogen) atoms. The summed E-state index contributed by atoms with van der Waals surface area (Å²) in [5, 5.41) is 0. The molecule has 0 amide bonds. The van der Waals surface area contributed by atoms with Gasteiger partial charge in [-0.05, 0) is 71.2 Å². The topological polar surface area (TPSA) is 71.1 Å². The minimum absolute atomic E-state index is 0.165. The molecule has 2 aromatic carbocycles. The number of carbonyl (C=O) groups excluding carboxylic acids is 1. The lowest BCUT2D eigenvalue weighted by Crippen LogP contribution is -2.51. The van der Waals surface area contributed by atoms with E-state index in [0.717, 1.165) is 22.4 Å². The van der Waals surface area contributed by atoms with Gasteiger partial charge in [0.15, 0.2) is 5.78 Å². The molecule has 0 heterocycles. The Bertz CT molecular complexity index is 1440. The predicted octanol–water partition coefficient (Wildman–Crippen LogP) is 12.8. The minimum atomic E-state index is -3.92. The first kappa shape index (κ1) is 41.5. The quantitative estimate of drug-likeness (QED) is 0.119. The van der Waals surface area contributed by atoms with Gasteiger partial charge in [0.25, 0.3) is 16.6 Å². The van der Waals surface area contributed by atoms with E-state index in [1.54, 1.807) is 13.8 Å². The summed E-state index contributed by atoms with van der Waals surface area (Å²) >= 11 is 0. The molecule has 2 atom stereocenters. The van der Waals surface area contributed by atoms with E-state index in [0.29, 0.717) is 27.9 Å². The monoisotopic (exact) mass is 728 g/mol. The molecule has 6 nitrogen and oxygen atoms in total. The van der Waals surface area contributed by atoms with E-state index in [9.17, 15) is 4.57 Å². The maximum absolute atomic E-state index is 15.0. The molecule has 2 unspecified atom stereocenters. The third-order valence-electron chi connectivity index (χ3n) is 10.9. The van der Waals surface area contributed by atoms with Gasteiger partial charge >= 0.3 is 7.60 Å².